The minimum Gasteiger partial charge on any atom is -0.496 e. The van der Waals surface area contributed by atoms with Crippen LogP contribution in [-0.4, -0.2) is 29.7 Å². The summed E-state index contributed by atoms with van der Waals surface area (Å²) in [5, 5.41) is 2.83. The topological polar surface area (TPSA) is 75.7 Å². The van der Waals surface area contributed by atoms with Crippen molar-refractivity contribution in [3.8, 4) is 5.75 Å². The molecular weight excluding hydrogens is 380 g/mol. The van der Waals surface area contributed by atoms with E-state index in [0.717, 1.165) is 11.1 Å². The molecule has 0 aliphatic carbocycles. The first-order valence-electron chi connectivity index (χ1n) is 9.52. The van der Waals surface area contributed by atoms with Crippen molar-refractivity contribution in [2.24, 2.45) is 0 Å². The van der Waals surface area contributed by atoms with Crippen LogP contribution in [-0.2, 0) is 13.1 Å². The number of hydrogen-bond donors (Lipinski definition) is 1. The van der Waals surface area contributed by atoms with E-state index in [2.05, 4.69) is 5.32 Å². The summed E-state index contributed by atoms with van der Waals surface area (Å²) in [6.07, 6.45) is 0. The summed E-state index contributed by atoms with van der Waals surface area (Å²) in [6, 6.07) is 21.3. The number of carbonyl (C=O) groups is 3. The second-order valence-corrected chi connectivity index (χ2v) is 6.94. The monoisotopic (exact) mass is 400 g/mol. The Morgan fingerprint density at radius 2 is 1.60 bits per heavy atom. The molecule has 0 aromatic heterocycles. The Labute approximate surface area is 174 Å². The van der Waals surface area contributed by atoms with E-state index in [1.165, 1.54) is 11.0 Å². The molecule has 150 valence electrons. The molecule has 30 heavy (non-hydrogen) atoms. The van der Waals surface area contributed by atoms with E-state index in [1.54, 1.807) is 19.2 Å². The fourth-order valence-corrected chi connectivity index (χ4v) is 3.47. The van der Waals surface area contributed by atoms with Gasteiger partial charge in [0, 0.05) is 17.7 Å². The standard InChI is InChI=1S/C24H20N2O4/c1-30-21-10-6-5-9-18(21)14-25-22(27)17-11-12-19-20(13-17)24(29)26(23(19)28)15-16-7-3-2-4-8-16/h2-13H,14-15H2,1H3,(H,25,27). The minimum atomic E-state index is -0.391. The smallest absolute Gasteiger partial charge is 0.261 e. The molecule has 1 N–H and O–H groups in total. The summed E-state index contributed by atoms with van der Waals surface area (Å²) >= 11 is 0. The van der Waals surface area contributed by atoms with Crippen molar-refractivity contribution in [1.29, 1.82) is 0 Å². The van der Waals surface area contributed by atoms with Gasteiger partial charge in [0.25, 0.3) is 17.7 Å². The van der Waals surface area contributed by atoms with Crippen LogP contribution in [0.1, 0.15) is 42.2 Å². The summed E-state index contributed by atoms with van der Waals surface area (Å²) in [6.45, 7) is 0.482. The number of imide groups is 1. The fraction of sp³-hybridized carbons (Fsp3) is 0.125. The SMILES string of the molecule is COc1ccccc1CNC(=O)c1ccc2c(c1)C(=O)N(Cc1ccccc1)C2=O. The van der Waals surface area contributed by atoms with Crippen LogP contribution in [0.25, 0.3) is 0 Å². The van der Waals surface area contributed by atoms with Crippen LogP contribution in [0.4, 0.5) is 0 Å². The molecule has 0 saturated heterocycles. The zero-order chi connectivity index (χ0) is 21.1. The number of nitrogens with zero attached hydrogens (tertiary/aromatic N) is 1. The van der Waals surface area contributed by atoms with Crippen LogP contribution >= 0.6 is 0 Å². The highest BCUT2D eigenvalue weighted by Gasteiger charge is 2.35. The second-order valence-electron chi connectivity index (χ2n) is 6.94. The van der Waals surface area contributed by atoms with Gasteiger partial charge in [-0.25, -0.2) is 0 Å². The van der Waals surface area contributed by atoms with Gasteiger partial charge in [0.15, 0.2) is 0 Å². The number of rotatable bonds is 6. The zero-order valence-electron chi connectivity index (χ0n) is 16.4. The molecule has 3 aromatic rings. The van der Waals surface area contributed by atoms with Crippen LogP contribution in [0.15, 0.2) is 72.8 Å². The molecule has 6 heteroatoms. The van der Waals surface area contributed by atoms with Gasteiger partial charge in [-0.15, -0.1) is 0 Å². The molecule has 1 aliphatic rings. The Morgan fingerprint density at radius 1 is 0.900 bits per heavy atom. The van der Waals surface area contributed by atoms with Gasteiger partial charge in [-0.2, -0.15) is 0 Å². The van der Waals surface area contributed by atoms with Gasteiger partial charge in [0.05, 0.1) is 24.8 Å². The average Bonchev–Trinajstić information content (AvgIpc) is 3.02. The Balaban J connectivity index is 1.50. The van der Waals surface area contributed by atoms with Crippen molar-refractivity contribution in [1.82, 2.24) is 10.2 Å². The molecule has 0 atom stereocenters. The van der Waals surface area contributed by atoms with Gasteiger partial charge >= 0.3 is 0 Å². The fourth-order valence-electron chi connectivity index (χ4n) is 3.47. The lowest BCUT2D eigenvalue weighted by Gasteiger charge is -2.13. The largest absolute Gasteiger partial charge is 0.496 e. The molecule has 0 radical (unpaired) electrons. The summed E-state index contributed by atoms with van der Waals surface area (Å²) in [5.41, 5.74) is 2.60. The highest BCUT2D eigenvalue weighted by molar-refractivity contribution is 6.22. The number of methoxy groups -OCH3 is 1. The molecule has 0 bridgehead atoms. The molecule has 3 amide bonds. The number of para-hydroxylation sites is 1. The summed E-state index contributed by atoms with van der Waals surface area (Å²) in [5.74, 6) is -0.382. The van der Waals surface area contributed by atoms with Crippen LogP contribution in [0, 0.1) is 0 Å². The van der Waals surface area contributed by atoms with E-state index in [1.807, 2.05) is 54.6 Å². The molecule has 1 aliphatic heterocycles. The minimum absolute atomic E-state index is 0.197. The van der Waals surface area contributed by atoms with Gasteiger partial charge in [-0.05, 0) is 29.8 Å². The van der Waals surface area contributed by atoms with Crippen LogP contribution < -0.4 is 10.1 Å². The lowest BCUT2D eigenvalue weighted by Crippen LogP contribution is -2.29. The first kappa shape index (κ1) is 19.4. The maximum Gasteiger partial charge on any atom is 0.261 e. The number of amides is 3. The molecule has 4 rings (SSSR count). The van der Waals surface area contributed by atoms with E-state index >= 15 is 0 Å². The predicted molar refractivity (Wildman–Crippen MR) is 111 cm³/mol. The number of fused-ring (bicyclic) bond motifs is 1. The lowest BCUT2D eigenvalue weighted by molar-refractivity contribution is 0.0642. The molecule has 1 heterocycles. The lowest BCUT2D eigenvalue weighted by atomic mass is 10.1. The van der Waals surface area contributed by atoms with Gasteiger partial charge in [0.2, 0.25) is 0 Å². The van der Waals surface area contributed by atoms with Gasteiger partial charge in [0.1, 0.15) is 5.75 Å². The van der Waals surface area contributed by atoms with Crippen molar-refractivity contribution in [3.05, 3.63) is 101 Å². The van der Waals surface area contributed by atoms with E-state index in [9.17, 15) is 14.4 Å². The highest BCUT2D eigenvalue weighted by Crippen LogP contribution is 2.26. The number of nitrogens with one attached hydrogen (secondary N) is 1. The van der Waals surface area contributed by atoms with E-state index in [4.69, 9.17) is 4.74 Å². The van der Waals surface area contributed by atoms with Gasteiger partial charge in [-0.1, -0.05) is 48.5 Å². The van der Waals surface area contributed by atoms with Crippen molar-refractivity contribution in [2.75, 3.05) is 7.11 Å². The first-order valence-corrected chi connectivity index (χ1v) is 9.52. The Hall–Kier alpha value is -3.93. The van der Waals surface area contributed by atoms with Crippen molar-refractivity contribution in [3.63, 3.8) is 0 Å². The number of hydrogen-bond acceptors (Lipinski definition) is 4. The third-order valence-electron chi connectivity index (χ3n) is 5.05. The summed E-state index contributed by atoms with van der Waals surface area (Å²) < 4.78 is 5.29. The molecule has 0 unspecified atom stereocenters. The quantitative estimate of drug-likeness (QED) is 0.644. The highest BCUT2D eigenvalue weighted by atomic mass is 16.5. The molecule has 3 aromatic carbocycles. The second kappa shape index (κ2) is 8.21. The maximum atomic E-state index is 12.8. The Morgan fingerprint density at radius 3 is 2.37 bits per heavy atom. The average molecular weight is 400 g/mol. The zero-order valence-corrected chi connectivity index (χ0v) is 16.4. The third-order valence-corrected chi connectivity index (χ3v) is 5.05. The Bertz CT molecular complexity index is 1130. The summed E-state index contributed by atoms with van der Waals surface area (Å²) in [4.78, 5) is 39.3. The van der Waals surface area contributed by atoms with E-state index in [0.29, 0.717) is 16.9 Å². The molecular formula is C24H20N2O4. The van der Waals surface area contributed by atoms with Crippen LogP contribution in [0.5, 0.6) is 5.75 Å². The number of carbonyl (C=O) groups excluding carboxylic acids is 3. The summed E-state index contributed by atoms with van der Waals surface area (Å²) in [7, 11) is 1.57. The first-order chi connectivity index (χ1) is 14.6. The predicted octanol–water partition coefficient (Wildman–Crippen LogP) is 3.42. The normalized spacial score (nSPS) is 12.6. The number of ether oxygens (including phenoxy) is 1. The van der Waals surface area contributed by atoms with E-state index in [-0.39, 0.29) is 30.5 Å². The van der Waals surface area contributed by atoms with E-state index < -0.39 is 5.91 Å². The van der Waals surface area contributed by atoms with Crippen LogP contribution in [0.2, 0.25) is 0 Å². The van der Waals surface area contributed by atoms with Gasteiger partial charge in [-0.3, -0.25) is 19.3 Å². The maximum absolute atomic E-state index is 12.8. The Kier molecular flexibility index (Phi) is 5.30. The van der Waals surface area contributed by atoms with Crippen LogP contribution in [0.3, 0.4) is 0 Å². The van der Waals surface area contributed by atoms with Crippen molar-refractivity contribution < 1.29 is 19.1 Å². The third kappa shape index (κ3) is 3.67. The van der Waals surface area contributed by atoms with Crippen molar-refractivity contribution >= 4 is 17.7 Å². The van der Waals surface area contributed by atoms with Gasteiger partial charge < -0.3 is 10.1 Å². The number of benzene rings is 3. The molecule has 0 spiro atoms. The molecule has 0 fully saturated rings. The molecule has 6 nitrogen and oxygen atoms in total. The molecule has 0 saturated carbocycles. The van der Waals surface area contributed by atoms with Crippen molar-refractivity contribution in [2.45, 2.75) is 13.1 Å².